The first-order chi connectivity index (χ1) is 12.2. The van der Waals surface area contributed by atoms with Crippen molar-refractivity contribution in [2.24, 2.45) is 0 Å². The lowest BCUT2D eigenvalue weighted by Crippen LogP contribution is -2.31. The molecule has 0 aliphatic carbocycles. The van der Waals surface area contributed by atoms with Gasteiger partial charge in [-0.3, -0.25) is 14.0 Å². The number of fused-ring (bicyclic) bond motifs is 1. The zero-order valence-electron chi connectivity index (χ0n) is 13.5. The number of pyridine rings is 1. The van der Waals surface area contributed by atoms with Crippen molar-refractivity contribution in [1.82, 2.24) is 19.7 Å². The van der Waals surface area contributed by atoms with Crippen molar-refractivity contribution in [2.45, 2.75) is 19.4 Å². The highest BCUT2D eigenvalue weighted by molar-refractivity contribution is 7.13. The van der Waals surface area contributed by atoms with Crippen LogP contribution in [0.2, 0.25) is 0 Å². The van der Waals surface area contributed by atoms with Crippen LogP contribution in [0.25, 0.3) is 5.65 Å². The minimum Gasteiger partial charge on any atom is -0.348 e. The Kier molecular flexibility index (Phi) is 4.19. The van der Waals surface area contributed by atoms with E-state index in [-0.39, 0.29) is 11.1 Å². The molecule has 1 amide bonds. The van der Waals surface area contributed by atoms with Gasteiger partial charge < -0.3 is 10.2 Å². The summed E-state index contributed by atoms with van der Waals surface area (Å²) in [6, 6.07) is 5.24. The fraction of sp³-hybridized carbons (Fsp3) is 0.294. The fourth-order valence-electron chi connectivity index (χ4n) is 2.88. The van der Waals surface area contributed by atoms with Crippen LogP contribution in [0.1, 0.15) is 28.9 Å². The Morgan fingerprint density at radius 2 is 2.12 bits per heavy atom. The lowest BCUT2D eigenvalue weighted by atomic mass is 10.3. The Labute approximate surface area is 148 Å². The molecule has 4 heterocycles. The van der Waals surface area contributed by atoms with E-state index in [1.54, 1.807) is 35.7 Å². The summed E-state index contributed by atoms with van der Waals surface area (Å²) in [4.78, 5) is 35.7. The molecule has 3 aromatic rings. The maximum absolute atomic E-state index is 12.4. The summed E-state index contributed by atoms with van der Waals surface area (Å²) in [5, 5.41) is 5.70. The Balaban J connectivity index is 1.47. The molecular formula is C17H17N5O2S. The van der Waals surface area contributed by atoms with E-state index in [4.69, 9.17) is 0 Å². The first kappa shape index (κ1) is 15.8. The SMILES string of the molecule is O=C(NCc1csc(N2CCCC2)n1)c1cnc2ccccn2c1=O. The van der Waals surface area contributed by atoms with Gasteiger partial charge in [0.1, 0.15) is 11.2 Å². The van der Waals surface area contributed by atoms with E-state index in [1.165, 1.54) is 23.4 Å². The van der Waals surface area contributed by atoms with Crippen LogP contribution in [0, 0.1) is 0 Å². The molecule has 0 radical (unpaired) electrons. The van der Waals surface area contributed by atoms with Crippen molar-refractivity contribution in [2.75, 3.05) is 18.0 Å². The van der Waals surface area contributed by atoms with Gasteiger partial charge in [-0.05, 0) is 25.0 Å². The average Bonchev–Trinajstić information content (AvgIpc) is 3.31. The van der Waals surface area contributed by atoms with E-state index in [1.807, 2.05) is 5.38 Å². The van der Waals surface area contributed by atoms with E-state index >= 15 is 0 Å². The van der Waals surface area contributed by atoms with Gasteiger partial charge in [-0.25, -0.2) is 9.97 Å². The molecule has 0 saturated carbocycles. The summed E-state index contributed by atoms with van der Waals surface area (Å²) >= 11 is 1.58. The van der Waals surface area contributed by atoms with Crippen molar-refractivity contribution in [3.63, 3.8) is 0 Å². The molecule has 0 unspecified atom stereocenters. The Morgan fingerprint density at radius 3 is 2.96 bits per heavy atom. The number of hydrogen-bond acceptors (Lipinski definition) is 6. The zero-order valence-corrected chi connectivity index (χ0v) is 14.3. The molecule has 8 heteroatoms. The van der Waals surface area contributed by atoms with Crippen LogP contribution in [0.4, 0.5) is 5.13 Å². The number of carbonyl (C=O) groups is 1. The fourth-order valence-corrected chi connectivity index (χ4v) is 3.76. The normalized spacial score (nSPS) is 14.2. The van der Waals surface area contributed by atoms with Crippen molar-refractivity contribution in [1.29, 1.82) is 0 Å². The van der Waals surface area contributed by atoms with Gasteiger partial charge in [-0.2, -0.15) is 0 Å². The molecule has 1 aliphatic heterocycles. The number of nitrogens with zero attached hydrogens (tertiary/aromatic N) is 4. The van der Waals surface area contributed by atoms with Crippen LogP contribution in [0.3, 0.4) is 0 Å². The molecule has 25 heavy (non-hydrogen) atoms. The van der Waals surface area contributed by atoms with E-state index in [9.17, 15) is 9.59 Å². The predicted octanol–water partition coefficient (Wildman–Crippen LogP) is 1.68. The number of carbonyl (C=O) groups excluding carboxylic acids is 1. The molecule has 3 aromatic heterocycles. The summed E-state index contributed by atoms with van der Waals surface area (Å²) in [5.74, 6) is -0.438. The van der Waals surface area contributed by atoms with Gasteiger partial charge in [0.2, 0.25) is 0 Å². The summed E-state index contributed by atoms with van der Waals surface area (Å²) in [5.41, 5.74) is 0.964. The molecule has 128 valence electrons. The second-order valence-electron chi connectivity index (χ2n) is 5.90. The third kappa shape index (κ3) is 3.12. The minimum absolute atomic E-state index is 0.0266. The molecule has 0 aromatic carbocycles. The van der Waals surface area contributed by atoms with Crippen LogP contribution in [-0.2, 0) is 6.54 Å². The predicted molar refractivity (Wildman–Crippen MR) is 96.2 cm³/mol. The van der Waals surface area contributed by atoms with Crippen molar-refractivity contribution in [3.8, 4) is 0 Å². The first-order valence-electron chi connectivity index (χ1n) is 8.16. The summed E-state index contributed by atoms with van der Waals surface area (Å²) in [6.45, 7) is 2.37. The molecule has 0 spiro atoms. The molecular weight excluding hydrogens is 338 g/mol. The summed E-state index contributed by atoms with van der Waals surface area (Å²) in [6.07, 6.45) is 5.32. The molecule has 1 saturated heterocycles. The van der Waals surface area contributed by atoms with Gasteiger partial charge in [0.25, 0.3) is 11.5 Å². The topological polar surface area (TPSA) is 79.6 Å². The second-order valence-corrected chi connectivity index (χ2v) is 6.74. The number of aromatic nitrogens is 3. The molecule has 1 fully saturated rings. The molecule has 0 bridgehead atoms. The van der Waals surface area contributed by atoms with E-state index in [0.29, 0.717) is 12.2 Å². The van der Waals surface area contributed by atoms with Gasteiger partial charge >= 0.3 is 0 Å². The molecule has 1 N–H and O–H groups in total. The van der Waals surface area contributed by atoms with Crippen LogP contribution in [0.15, 0.2) is 40.8 Å². The van der Waals surface area contributed by atoms with Crippen LogP contribution < -0.4 is 15.8 Å². The van der Waals surface area contributed by atoms with E-state index in [2.05, 4.69) is 20.2 Å². The summed E-state index contributed by atoms with van der Waals surface area (Å²) < 4.78 is 1.36. The number of amides is 1. The highest BCUT2D eigenvalue weighted by atomic mass is 32.1. The molecule has 4 rings (SSSR count). The number of nitrogens with one attached hydrogen (secondary N) is 1. The zero-order chi connectivity index (χ0) is 17.2. The lowest BCUT2D eigenvalue weighted by molar-refractivity contribution is 0.0948. The van der Waals surface area contributed by atoms with Gasteiger partial charge in [0.15, 0.2) is 5.13 Å². The molecule has 0 atom stereocenters. The number of hydrogen-bond donors (Lipinski definition) is 1. The first-order valence-corrected chi connectivity index (χ1v) is 9.04. The standard InChI is InChI=1S/C17H17N5O2S/c23-15(13-10-18-14-5-1-2-8-22(14)16(13)24)19-9-12-11-25-17(20-12)21-6-3-4-7-21/h1-2,5,8,10-11H,3-4,6-7,9H2,(H,19,23). The number of rotatable bonds is 4. The van der Waals surface area contributed by atoms with Gasteiger partial charge in [-0.15, -0.1) is 11.3 Å². The highest BCUT2D eigenvalue weighted by Gasteiger charge is 2.17. The minimum atomic E-state index is -0.438. The van der Waals surface area contributed by atoms with Crippen LogP contribution >= 0.6 is 11.3 Å². The van der Waals surface area contributed by atoms with Gasteiger partial charge in [-0.1, -0.05) is 6.07 Å². The quantitative estimate of drug-likeness (QED) is 0.770. The highest BCUT2D eigenvalue weighted by Crippen LogP contribution is 2.24. The van der Waals surface area contributed by atoms with Crippen molar-refractivity contribution >= 4 is 28.0 Å². The number of anilines is 1. The average molecular weight is 355 g/mol. The van der Waals surface area contributed by atoms with Crippen LogP contribution in [-0.4, -0.2) is 33.4 Å². The Bertz CT molecular complexity index is 974. The van der Waals surface area contributed by atoms with Crippen molar-refractivity contribution < 1.29 is 4.79 Å². The third-order valence-electron chi connectivity index (χ3n) is 4.20. The number of thiazole rings is 1. The largest absolute Gasteiger partial charge is 0.348 e. The lowest BCUT2D eigenvalue weighted by Gasteiger charge is -2.12. The van der Waals surface area contributed by atoms with E-state index < -0.39 is 5.91 Å². The van der Waals surface area contributed by atoms with E-state index in [0.717, 1.165) is 23.9 Å². The molecule has 1 aliphatic rings. The van der Waals surface area contributed by atoms with Crippen LogP contribution in [0.5, 0.6) is 0 Å². The Hall–Kier alpha value is -2.74. The third-order valence-corrected chi connectivity index (χ3v) is 5.15. The smallest absolute Gasteiger partial charge is 0.270 e. The maximum Gasteiger partial charge on any atom is 0.270 e. The van der Waals surface area contributed by atoms with Gasteiger partial charge in [0.05, 0.1) is 12.2 Å². The van der Waals surface area contributed by atoms with Crippen molar-refractivity contribution in [3.05, 3.63) is 57.6 Å². The maximum atomic E-state index is 12.4. The summed E-state index contributed by atoms with van der Waals surface area (Å²) in [7, 11) is 0. The van der Waals surface area contributed by atoms with Gasteiger partial charge in [0, 0.05) is 30.9 Å². The monoisotopic (exact) mass is 355 g/mol. The molecule has 7 nitrogen and oxygen atoms in total. The second kappa shape index (κ2) is 6.64. The Morgan fingerprint density at radius 1 is 1.28 bits per heavy atom.